The van der Waals surface area contributed by atoms with Gasteiger partial charge in [0.25, 0.3) is 5.91 Å². The van der Waals surface area contributed by atoms with Gasteiger partial charge in [-0.1, -0.05) is 0 Å². The molecule has 1 saturated heterocycles. The van der Waals surface area contributed by atoms with Crippen molar-refractivity contribution < 1.29 is 14.3 Å². The highest BCUT2D eigenvalue weighted by Crippen LogP contribution is 2.22. The Labute approximate surface area is 125 Å². The number of hydrogen-bond acceptors (Lipinski definition) is 5. The minimum atomic E-state index is -0.0834. The molecule has 1 fully saturated rings. The van der Waals surface area contributed by atoms with Crippen LogP contribution in [0.15, 0.2) is 12.3 Å². The van der Waals surface area contributed by atoms with Crippen molar-refractivity contribution >= 4 is 11.6 Å². The molecule has 2 atom stereocenters. The fourth-order valence-corrected chi connectivity index (χ4v) is 2.60. The summed E-state index contributed by atoms with van der Waals surface area (Å²) in [6.07, 6.45) is 1.47. The lowest BCUT2D eigenvalue weighted by Crippen LogP contribution is -2.31. The summed E-state index contributed by atoms with van der Waals surface area (Å²) in [7, 11) is 3.28. The lowest BCUT2D eigenvalue weighted by atomic mass is 10.2. The van der Waals surface area contributed by atoms with Gasteiger partial charge in [0.2, 0.25) is 0 Å². The predicted molar refractivity (Wildman–Crippen MR) is 80.6 cm³/mol. The standard InChI is InChI=1S/C15H23N3O3/c1-5-16-12-6-10(2)17-7-11(12)15(19)18-8-13(20-3)14(9-18)21-4/h6-7,13-14H,5,8-9H2,1-4H3,(H,16,17). The van der Waals surface area contributed by atoms with Crippen LogP contribution in [-0.2, 0) is 9.47 Å². The van der Waals surface area contributed by atoms with Crippen LogP contribution in [0.25, 0.3) is 0 Å². The number of amides is 1. The molecular weight excluding hydrogens is 270 g/mol. The van der Waals surface area contributed by atoms with Crippen LogP contribution in [0.5, 0.6) is 0 Å². The minimum Gasteiger partial charge on any atom is -0.385 e. The van der Waals surface area contributed by atoms with E-state index in [4.69, 9.17) is 9.47 Å². The normalized spacial score (nSPS) is 21.6. The van der Waals surface area contributed by atoms with Crippen molar-refractivity contribution in [3.05, 3.63) is 23.5 Å². The average Bonchev–Trinajstić information content (AvgIpc) is 2.90. The summed E-state index contributed by atoms with van der Waals surface area (Å²) in [6, 6.07) is 1.90. The highest BCUT2D eigenvalue weighted by atomic mass is 16.5. The maximum absolute atomic E-state index is 12.7. The van der Waals surface area contributed by atoms with E-state index in [2.05, 4.69) is 10.3 Å². The largest absolute Gasteiger partial charge is 0.385 e. The summed E-state index contributed by atoms with van der Waals surface area (Å²) in [5, 5.41) is 3.22. The molecule has 1 amide bonds. The molecule has 6 nitrogen and oxygen atoms in total. The van der Waals surface area contributed by atoms with E-state index < -0.39 is 0 Å². The second-order valence-electron chi connectivity index (χ2n) is 5.16. The molecule has 2 unspecified atom stereocenters. The molecule has 1 aromatic rings. The molecule has 21 heavy (non-hydrogen) atoms. The number of rotatable bonds is 5. The third-order valence-corrected chi connectivity index (χ3v) is 3.75. The van der Waals surface area contributed by atoms with Gasteiger partial charge in [-0.3, -0.25) is 9.78 Å². The molecular formula is C15H23N3O3. The Morgan fingerprint density at radius 3 is 2.52 bits per heavy atom. The topological polar surface area (TPSA) is 63.7 Å². The van der Waals surface area contributed by atoms with Gasteiger partial charge in [0.15, 0.2) is 0 Å². The van der Waals surface area contributed by atoms with Gasteiger partial charge in [-0.2, -0.15) is 0 Å². The molecule has 0 radical (unpaired) electrons. The monoisotopic (exact) mass is 293 g/mol. The van der Waals surface area contributed by atoms with Gasteiger partial charge in [-0.25, -0.2) is 0 Å². The van der Waals surface area contributed by atoms with Gasteiger partial charge in [0, 0.05) is 45.7 Å². The van der Waals surface area contributed by atoms with E-state index in [0.717, 1.165) is 17.9 Å². The van der Waals surface area contributed by atoms with Crippen molar-refractivity contribution in [2.45, 2.75) is 26.1 Å². The number of nitrogens with one attached hydrogen (secondary N) is 1. The molecule has 0 aliphatic carbocycles. The lowest BCUT2D eigenvalue weighted by Gasteiger charge is -2.18. The van der Waals surface area contributed by atoms with Gasteiger partial charge in [0.1, 0.15) is 12.2 Å². The molecule has 116 valence electrons. The second-order valence-corrected chi connectivity index (χ2v) is 5.16. The predicted octanol–water partition coefficient (Wildman–Crippen LogP) is 1.31. The summed E-state index contributed by atoms with van der Waals surface area (Å²) in [4.78, 5) is 18.7. The van der Waals surface area contributed by atoms with Crippen LogP contribution >= 0.6 is 0 Å². The number of hydrogen-bond donors (Lipinski definition) is 1. The molecule has 1 aromatic heterocycles. The fourth-order valence-electron chi connectivity index (χ4n) is 2.60. The number of aromatic nitrogens is 1. The first-order valence-electron chi connectivity index (χ1n) is 7.16. The third kappa shape index (κ3) is 3.33. The molecule has 0 aromatic carbocycles. The maximum Gasteiger partial charge on any atom is 0.257 e. The lowest BCUT2D eigenvalue weighted by molar-refractivity contribution is -0.00461. The van der Waals surface area contributed by atoms with E-state index in [1.54, 1.807) is 25.3 Å². The molecule has 0 bridgehead atoms. The summed E-state index contributed by atoms with van der Waals surface area (Å²) in [5.74, 6) is -0.0416. The average molecular weight is 293 g/mol. The Morgan fingerprint density at radius 2 is 2.00 bits per heavy atom. The van der Waals surface area contributed by atoms with Crippen LogP contribution < -0.4 is 5.32 Å². The number of carbonyl (C=O) groups is 1. The molecule has 1 N–H and O–H groups in total. The first kappa shape index (κ1) is 15.7. The zero-order chi connectivity index (χ0) is 15.4. The van der Waals surface area contributed by atoms with Crippen molar-refractivity contribution in [3.8, 4) is 0 Å². The van der Waals surface area contributed by atoms with Gasteiger partial charge >= 0.3 is 0 Å². The maximum atomic E-state index is 12.7. The van der Waals surface area contributed by atoms with Crippen molar-refractivity contribution in [1.82, 2.24) is 9.88 Å². The zero-order valence-electron chi connectivity index (χ0n) is 13.0. The SMILES string of the molecule is CCNc1cc(C)ncc1C(=O)N1CC(OC)C(OC)C1. The Bertz CT molecular complexity index is 495. The van der Waals surface area contributed by atoms with Gasteiger partial charge < -0.3 is 19.7 Å². The zero-order valence-corrected chi connectivity index (χ0v) is 13.0. The molecule has 1 aliphatic rings. The van der Waals surface area contributed by atoms with Crippen molar-refractivity contribution in [2.75, 3.05) is 39.2 Å². The van der Waals surface area contributed by atoms with Crippen LogP contribution in [0.4, 0.5) is 5.69 Å². The van der Waals surface area contributed by atoms with Gasteiger partial charge in [0.05, 0.1) is 11.3 Å². The van der Waals surface area contributed by atoms with Crippen molar-refractivity contribution in [1.29, 1.82) is 0 Å². The van der Waals surface area contributed by atoms with E-state index in [0.29, 0.717) is 18.7 Å². The first-order chi connectivity index (χ1) is 10.1. The summed E-state index contributed by atoms with van der Waals surface area (Å²) < 4.78 is 10.8. The molecule has 0 spiro atoms. The van der Waals surface area contributed by atoms with E-state index in [-0.39, 0.29) is 18.1 Å². The van der Waals surface area contributed by atoms with Gasteiger partial charge in [-0.15, -0.1) is 0 Å². The highest BCUT2D eigenvalue weighted by Gasteiger charge is 2.36. The number of methoxy groups -OCH3 is 2. The Hall–Kier alpha value is -1.66. The summed E-state index contributed by atoms with van der Waals surface area (Å²) >= 11 is 0. The number of aryl methyl sites for hydroxylation is 1. The van der Waals surface area contributed by atoms with E-state index in [1.165, 1.54) is 0 Å². The molecule has 0 saturated carbocycles. The summed E-state index contributed by atoms with van der Waals surface area (Å²) in [6.45, 7) is 5.74. The van der Waals surface area contributed by atoms with Crippen LogP contribution in [0.2, 0.25) is 0 Å². The first-order valence-corrected chi connectivity index (χ1v) is 7.16. The molecule has 6 heteroatoms. The number of pyridine rings is 1. The van der Waals surface area contributed by atoms with Crippen LogP contribution in [-0.4, -0.2) is 61.9 Å². The quantitative estimate of drug-likeness (QED) is 0.887. The number of carbonyl (C=O) groups excluding carboxylic acids is 1. The van der Waals surface area contributed by atoms with Crippen molar-refractivity contribution in [2.24, 2.45) is 0 Å². The Balaban J connectivity index is 2.21. The summed E-state index contributed by atoms with van der Waals surface area (Å²) in [5.41, 5.74) is 2.30. The fraction of sp³-hybridized carbons (Fsp3) is 0.600. The molecule has 2 rings (SSSR count). The van der Waals surface area contributed by atoms with Crippen LogP contribution in [0.3, 0.4) is 0 Å². The minimum absolute atomic E-state index is 0.0416. The van der Waals surface area contributed by atoms with E-state index in [1.807, 2.05) is 19.9 Å². The molecule has 1 aliphatic heterocycles. The Morgan fingerprint density at radius 1 is 1.38 bits per heavy atom. The second kappa shape index (κ2) is 6.87. The smallest absolute Gasteiger partial charge is 0.257 e. The third-order valence-electron chi connectivity index (χ3n) is 3.75. The molecule has 2 heterocycles. The number of likely N-dealkylation sites (tertiary alicyclic amines) is 1. The number of ether oxygens (including phenoxy) is 2. The van der Waals surface area contributed by atoms with E-state index >= 15 is 0 Å². The Kier molecular flexibility index (Phi) is 5.14. The number of nitrogens with zero attached hydrogens (tertiary/aromatic N) is 2. The van der Waals surface area contributed by atoms with Crippen LogP contribution in [0.1, 0.15) is 23.0 Å². The van der Waals surface area contributed by atoms with Gasteiger partial charge in [-0.05, 0) is 19.9 Å². The number of anilines is 1. The van der Waals surface area contributed by atoms with Crippen molar-refractivity contribution in [3.63, 3.8) is 0 Å². The highest BCUT2D eigenvalue weighted by molar-refractivity contribution is 5.99. The van der Waals surface area contributed by atoms with Crippen LogP contribution in [0, 0.1) is 6.92 Å². The van der Waals surface area contributed by atoms with E-state index in [9.17, 15) is 4.79 Å².